The number of non-ortho nitro benzene ring substituents is 2. The van der Waals surface area contributed by atoms with E-state index in [0.29, 0.717) is 23.4 Å². The molecule has 13 heteroatoms. The van der Waals surface area contributed by atoms with E-state index in [-0.39, 0.29) is 28.6 Å². The molecular weight excluding hydrogens is 418 g/mol. The number of nitro groups is 2. The van der Waals surface area contributed by atoms with Gasteiger partial charge >= 0.3 is 0 Å². The van der Waals surface area contributed by atoms with Crippen molar-refractivity contribution in [1.29, 1.82) is 0 Å². The highest BCUT2D eigenvalue weighted by molar-refractivity contribution is 7.17. The number of rotatable bonds is 5. The number of nitrogens with one attached hydrogen (secondary N) is 1. The summed E-state index contributed by atoms with van der Waals surface area (Å²) in [6.07, 6.45) is 0.377. The summed E-state index contributed by atoms with van der Waals surface area (Å²) in [5.74, 6) is -1.78. The Hall–Kier alpha value is -3.87. The molecule has 12 nitrogen and oxygen atoms in total. The Bertz CT molecular complexity index is 1080. The Morgan fingerprint density at radius 3 is 2.23 bits per heavy atom. The van der Waals surface area contributed by atoms with Gasteiger partial charge in [-0.1, -0.05) is 0 Å². The molecule has 2 aromatic rings. The van der Waals surface area contributed by atoms with Crippen LogP contribution in [0, 0.1) is 20.2 Å². The first-order valence-electron chi connectivity index (χ1n) is 8.53. The minimum absolute atomic E-state index is 0.103. The van der Waals surface area contributed by atoms with Crippen LogP contribution in [0.3, 0.4) is 0 Å². The lowest BCUT2D eigenvalue weighted by Crippen LogP contribution is -2.34. The van der Waals surface area contributed by atoms with Gasteiger partial charge in [-0.3, -0.25) is 34.6 Å². The quantitative estimate of drug-likeness (QED) is 0.533. The largest absolute Gasteiger partial charge is 0.365 e. The average molecular weight is 433 g/mol. The smallest absolute Gasteiger partial charge is 0.277 e. The summed E-state index contributed by atoms with van der Waals surface area (Å²) < 4.78 is 0. The van der Waals surface area contributed by atoms with Crippen molar-refractivity contribution in [2.45, 2.75) is 19.9 Å². The van der Waals surface area contributed by atoms with Crippen LogP contribution in [-0.2, 0) is 17.8 Å². The van der Waals surface area contributed by atoms with Gasteiger partial charge in [0, 0.05) is 30.5 Å². The molecule has 1 aromatic carbocycles. The summed E-state index contributed by atoms with van der Waals surface area (Å²) in [6.45, 7) is 2.07. The van der Waals surface area contributed by atoms with Gasteiger partial charge in [0.1, 0.15) is 5.00 Å². The first kappa shape index (κ1) is 20.9. The van der Waals surface area contributed by atoms with Crippen molar-refractivity contribution in [2.24, 2.45) is 5.73 Å². The number of hydrogen-bond acceptors (Lipinski definition) is 8. The zero-order valence-electron chi connectivity index (χ0n) is 15.5. The fourth-order valence-electron chi connectivity index (χ4n) is 3.13. The standard InChI is InChI=1S/C17H15N5O7S/c1-8(23)20-3-2-12-13(7-20)30-17(14(12)15(18)24)19-16(25)9-4-10(21(26)27)6-11(5-9)22(28)29/h4-6H,2-3,7H2,1H3,(H2,18,24)(H,19,25). The van der Waals surface area contributed by atoms with Crippen molar-refractivity contribution < 1.29 is 24.2 Å². The van der Waals surface area contributed by atoms with Crippen molar-refractivity contribution >= 4 is 45.4 Å². The van der Waals surface area contributed by atoms with E-state index in [1.54, 1.807) is 4.90 Å². The van der Waals surface area contributed by atoms with Crippen molar-refractivity contribution in [3.63, 3.8) is 0 Å². The molecular formula is C17H15N5O7S. The highest BCUT2D eigenvalue weighted by Crippen LogP contribution is 2.37. The van der Waals surface area contributed by atoms with Gasteiger partial charge in [-0.2, -0.15) is 0 Å². The van der Waals surface area contributed by atoms with Gasteiger partial charge in [-0.25, -0.2) is 0 Å². The molecule has 0 unspecified atom stereocenters. The van der Waals surface area contributed by atoms with E-state index >= 15 is 0 Å². The Morgan fingerprint density at radius 2 is 1.73 bits per heavy atom. The Balaban J connectivity index is 1.98. The maximum absolute atomic E-state index is 12.7. The van der Waals surface area contributed by atoms with Gasteiger partial charge in [0.05, 0.1) is 33.6 Å². The Morgan fingerprint density at radius 1 is 1.13 bits per heavy atom. The van der Waals surface area contributed by atoms with Crippen LogP contribution in [-0.4, -0.2) is 39.0 Å². The van der Waals surface area contributed by atoms with Gasteiger partial charge in [-0.15, -0.1) is 11.3 Å². The summed E-state index contributed by atoms with van der Waals surface area (Å²) in [7, 11) is 0. The Labute approximate surface area is 172 Å². The van der Waals surface area contributed by atoms with Crippen molar-refractivity contribution in [3.8, 4) is 0 Å². The fourth-order valence-corrected chi connectivity index (χ4v) is 4.40. The third-order valence-corrected chi connectivity index (χ3v) is 5.69. The van der Waals surface area contributed by atoms with Crippen LogP contribution in [0.4, 0.5) is 16.4 Å². The maximum Gasteiger partial charge on any atom is 0.277 e. The molecule has 1 aromatic heterocycles. The number of nitrogens with zero attached hydrogens (tertiary/aromatic N) is 3. The predicted octanol–water partition coefficient (Wildman–Crippen LogP) is 1.82. The number of benzene rings is 1. The number of primary amides is 1. The van der Waals surface area contributed by atoms with E-state index in [9.17, 15) is 34.6 Å². The molecule has 0 bridgehead atoms. The van der Waals surface area contributed by atoms with Crippen molar-refractivity contribution in [2.75, 3.05) is 11.9 Å². The molecule has 3 rings (SSSR count). The molecule has 156 valence electrons. The number of amides is 3. The monoisotopic (exact) mass is 433 g/mol. The lowest BCUT2D eigenvalue weighted by atomic mass is 10.0. The Kier molecular flexibility index (Phi) is 5.47. The molecule has 1 aliphatic rings. The highest BCUT2D eigenvalue weighted by Gasteiger charge is 2.29. The first-order chi connectivity index (χ1) is 14.1. The zero-order chi connectivity index (χ0) is 22.2. The van der Waals surface area contributed by atoms with Crippen molar-refractivity contribution in [3.05, 3.63) is 60.0 Å². The van der Waals surface area contributed by atoms with Crippen LogP contribution in [0.15, 0.2) is 18.2 Å². The number of carbonyl (C=O) groups is 3. The molecule has 0 aliphatic carbocycles. The highest BCUT2D eigenvalue weighted by atomic mass is 32.1. The number of nitrogens with two attached hydrogens (primary N) is 1. The zero-order valence-corrected chi connectivity index (χ0v) is 16.4. The third kappa shape index (κ3) is 3.96. The van der Waals surface area contributed by atoms with Gasteiger partial charge in [0.25, 0.3) is 23.2 Å². The average Bonchev–Trinajstić information content (AvgIpc) is 3.04. The van der Waals surface area contributed by atoms with Crippen LogP contribution in [0.2, 0.25) is 0 Å². The summed E-state index contributed by atoms with van der Waals surface area (Å²) in [4.78, 5) is 58.9. The van der Waals surface area contributed by atoms with E-state index in [4.69, 9.17) is 5.73 Å². The van der Waals surface area contributed by atoms with Crippen LogP contribution in [0.5, 0.6) is 0 Å². The van der Waals surface area contributed by atoms with Crippen LogP contribution >= 0.6 is 11.3 Å². The first-order valence-corrected chi connectivity index (χ1v) is 9.35. The molecule has 0 saturated heterocycles. The van der Waals surface area contributed by atoms with E-state index in [2.05, 4.69) is 5.32 Å². The van der Waals surface area contributed by atoms with Crippen molar-refractivity contribution in [1.82, 2.24) is 4.90 Å². The topological polar surface area (TPSA) is 179 Å². The second kappa shape index (κ2) is 7.87. The normalized spacial score (nSPS) is 12.8. The fraction of sp³-hybridized carbons (Fsp3) is 0.235. The van der Waals surface area contributed by atoms with Crippen LogP contribution in [0.1, 0.15) is 38.1 Å². The second-order valence-electron chi connectivity index (χ2n) is 6.47. The maximum atomic E-state index is 12.7. The predicted molar refractivity (Wildman–Crippen MR) is 105 cm³/mol. The molecule has 0 spiro atoms. The number of hydrogen-bond donors (Lipinski definition) is 2. The number of thiophene rings is 1. The minimum Gasteiger partial charge on any atom is -0.365 e. The molecule has 0 fully saturated rings. The van der Waals surface area contributed by atoms with Gasteiger partial charge < -0.3 is 16.0 Å². The summed E-state index contributed by atoms with van der Waals surface area (Å²) >= 11 is 1.06. The number of anilines is 1. The number of carbonyl (C=O) groups excluding carboxylic acids is 3. The van der Waals surface area contributed by atoms with Gasteiger partial charge in [0.2, 0.25) is 5.91 Å². The van der Waals surface area contributed by atoms with Gasteiger partial charge in [-0.05, 0) is 12.0 Å². The molecule has 30 heavy (non-hydrogen) atoms. The van der Waals surface area contributed by atoms with E-state index < -0.39 is 33.0 Å². The molecule has 3 N–H and O–H groups in total. The summed E-state index contributed by atoms with van der Waals surface area (Å²) in [5.41, 5.74) is 4.66. The third-order valence-electron chi connectivity index (χ3n) is 4.56. The molecule has 3 amide bonds. The second-order valence-corrected chi connectivity index (χ2v) is 7.57. The molecule has 2 heterocycles. The van der Waals surface area contributed by atoms with Crippen LogP contribution < -0.4 is 11.1 Å². The molecule has 0 atom stereocenters. The van der Waals surface area contributed by atoms with E-state index in [1.165, 1.54) is 6.92 Å². The molecule has 1 aliphatic heterocycles. The minimum atomic E-state index is -0.869. The lowest BCUT2D eigenvalue weighted by molar-refractivity contribution is -0.394. The lowest BCUT2D eigenvalue weighted by Gasteiger charge is -2.25. The SMILES string of the molecule is CC(=O)N1CCc2c(sc(NC(=O)c3cc([N+](=O)[O-])cc([N+](=O)[O-])c3)c2C(N)=O)C1. The molecule has 0 radical (unpaired) electrons. The van der Waals surface area contributed by atoms with Gasteiger partial charge in [0.15, 0.2) is 0 Å². The number of nitro benzene ring substituents is 2. The summed E-state index contributed by atoms with van der Waals surface area (Å²) in [6, 6.07) is 2.54. The number of fused-ring (bicyclic) bond motifs is 1. The summed E-state index contributed by atoms with van der Waals surface area (Å²) in [5, 5.41) is 24.7. The van der Waals surface area contributed by atoms with E-state index in [1.807, 2.05) is 0 Å². The van der Waals surface area contributed by atoms with Crippen LogP contribution in [0.25, 0.3) is 0 Å². The van der Waals surface area contributed by atoms with E-state index in [0.717, 1.165) is 29.5 Å². The molecule has 0 saturated carbocycles.